The van der Waals surface area contributed by atoms with Crippen LogP contribution < -0.4 is 4.90 Å². The Bertz CT molecular complexity index is 2810. The molecule has 0 saturated heterocycles. The number of benzene rings is 8. The maximum Gasteiger partial charge on any atom is 0.143 e. The summed E-state index contributed by atoms with van der Waals surface area (Å²) in [5.74, 6) is 0. The molecule has 0 aliphatic heterocycles. The van der Waals surface area contributed by atoms with Gasteiger partial charge in [0, 0.05) is 38.6 Å². The summed E-state index contributed by atoms with van der Waals surface area (Å²) in [5, 5.41) is 2.25. The van der Waals surface area contributed by atoms with Crippen molar-refractivity contribution in [1.82, 2.24) is 0 Å². The Morgan fingerprint density at radius 1 is 0.396 bits per heavy atom. The van der Waals surface area contributed by atoms with Crippen LogP contribution in [0.15, 0.2) is 192 Å². The molecule has 0 fully saturated rings. The van der Waals surface area contributed by atoms with Gasteiger partial charge in [0.25, 0.3) is 0 Å². The molecule has 9 aromatic rings. The summed E-state index contributed by atoms with van der Waals surface area (Å²) in [6.45, 7) is 4.70. The van der Waals surface area contributed by atoms with Crippen molar-refractivity contribution in [3.8, 4) is 44.5 Å². The highest BCUT2D eigenvalue weighted by atomic mass is 16.3. The van der Waals surface area contributed by atoms with E-state index in [0.717, 1.165) is 50.1 Å². The number of para-hydroxylation sites is 4. The lowest BCUT2D eigenvalue weighted by molar-refractivity contribution is 0.660. The zero-order chi connectivity index (χ0) is 35.5. The number of anilines is 3. The van der Waals surface area contributed by atoms with Gasteiger partial charge < -0.3 is 9.32 Å². The van der Waals surface area contributed by atoms with Gasteiger partial charge in [0.2, 0.25) is 0 Å². The summed E-state index contributed by atoms with van der Waals surface area (Å²) >= 11 is 0. The van der Waals surface area contributed by atoms with E-state index in [0.29, 0.717) is 0 Å². The van der Waals surface area contributed by atoms with E-state index < -0.39 is 0 Å². The predicted molar refractivity (Wildman–Crippen MR) is 222 cm³/mol. The van der Waals surface area contributed by atoms with Gasteiger partial charge in [-0.15, -0.1) is 0 Å². The largest absolute Gasteiger partial charge is 0.455 e. The second-order valence-corrected chi connectivity index (χ2v) is 14.5. The molecule has 2 heteroatoms. The summed E-state index contributed by atoms with van der Waals surface area (Å²) in [5.41, 5.74) is 17.3. The van der Waals surface area contributed by atoms with Gasteiger partial charge in [0.05, 0.1) is 11.4 Å². The van der Waals surface area contributed by atoms with Gasteiger partial charge in [-0.2, -0.15) is 0 Å². The first-order chi connectivity index (χ1) is 26.1. The van der Waals surface area contributed by atoms with Crippen LogP contribution in [0.3, 0.4) is 0 Å². The van der Waals surface area contributed by atoms with Gasteiger partial charge >= 0.3 is 0 Å². The van der Waals surface area contributed by atoms with Gasteiger partial charge in [-0.05, 0) is 69.3 Å². The first-order valence-corrected chi connectivity index (χ1v) is 18.4. The lowest BCUT2D eigenvalue weighted by atomic mass is 9.82. The maximum absolute atomic E-state index is 6.63. The monoisotopic (exact) mass is 679 g/mol. The summed E-state index contributed by atoms with van der Waals surface area (Å²) in [6, 6.07) is 67.8. The molecule has 53 heavy (non-hydrogen) atoms. The van der Waals surface area contributed by atoms with Crippen molar-refractivity contribution in [1.29, 1.82) is 0 Å². The first-order valence-electron chi connectivity index (χ1n) is 18.4. The zero-order valence-electron chi connectivity index (χ0n) is 29.8. The molecule has 0 radical (unpaired) electrons. The highest BCUT2D eigenvalue weighted by molar-refractivity contribution is 6.11. The number of fused-ring (bicyclic) bond motifs is 6. The molecule has 0 spiro atoms. The molecule has 0 amide bonds. The van der Waals surface area contributed by atoms with E-state index in [1.54, 1.807) is 0 Å². The normalized spacial score (nSPS) is 12.9. The van der Waals surface area contributed by atoms with E-state index in [9.17, 15) is 0 Å². The average Bonchev–Trinajstić information content (AvgIpc) is 3.71. The second kappa shape index (κ2) is 12.3. The molecular weight excluding hydrogens is 643 g/mol. The Balaban J connectivity index is 1.23. The zero-order valence-corrected chi connectivity index (χ0v) is 29.8. The number of hydrogen-bond donors (Lipinski definition) is 0. The minimum absolute atomic E-state index is 0.0955. The molecule has 1 aliphatic rings. The Morgan fingerprint density at radius 2 is 0.925 bits per heavy atom. The third kappa shape index (κ3) is 4.94. The average molecular weight is 680 g/mol. The van der Waals surface area contributed by atoms with Crippen molar-refractivity contribution in [2.24, 2.45) is 0 Å². The topological polar surface area (TPSA) is 16.4 Å². The number of hydrogen-bond acceptors (Lipinski definition) is 2. The minimum Gasteiger partial charge on any atom is -0.455 e. The van der Waals surface area contributed by atoms with Gasteiger partial charge in [-0.1, -0.05) is 172 Å². The van der Waals surface area contributed by atoms with Crippen LogP contribution in [0.25, 0.3) is 66.4 Å². The Kier molecular flexibility index (Phi) is 7.19. The van der Waals surface area contributed by atoms with Crippen LogP contribution in [-0.2, 0) is 5.41 Å². The number of rotatable bonds is 6. The molecule has 10 rings (SSSR count). The quantitative estimate of drug-likeness (QED) is 0.174. The molecule has 1 heterocycles. The third-order valence-electron chi connectivity index (χ3n) is 11.1. The smallest absolute Gasteiger partial charge is 0.143 e. The van der Waals surface area contributed by atoms with Crippen LogP contribution in [0, 0.1) is 0 Å². The van der Waals surface area contributed by atoms with Crippen molar-refractivity contribution in [2.75, 3.05) is 4.90 Å². The highest BCUT2D eigenvalue weighted by Gasteiger charge is 2.37. The standard InChI is InChI=1S/C51H37NO/c1-51(2)44-25-10-6-21-43(44)49-40(22-15-26-45(49)51)37-18-7-11-27-46(37)52(36-32-30-35(31-33-36)34-16-4-3-5-17-34)47-28-12-8-19-38(47)41-23-14-24-42-39-20-9-13-29-48(39)53-50(41)42/h3-33H,1-2H3. The molecule has 2 nitrogen and oxygen atoms in total. The van der Waals surface area contributed by atoms with E-state index in [1.807, 2.05) is 6.07 Å². The summed E-state index contributed by atoms with van der Waals surface area (Å²) < 4.78 is 6.63. The van der Waals surface area contributed by atoms with E-state index in [4.69, 9.17) is 4.42 Å². The summed E-state index contributed by atoms with van der Waals surface area (Å²) in [6.07, 6.45) is 0. The Morgan fingerprint density at radius 3 is 1.70 bits per heavy atom. The number of nitrogens with zero attached hydrogens (tertiary/aromatic N) is 1. The van der Waals surface area contributed by atoms with Crippen LogP contribution in [0.5, 0.6) is 0 Å². The molecule has 0 atom stereocenters. The fourth-order valence-electron chi connectivity index (χ4n) is 8.57. The van der Waals surface area contributed by atoms with Crippen LogP contribution >= 0.6 is 0 Å². The lowest BCUT2D eigenvalue weighted by Crippen LogP contribution is -2.15. The molecule has 1 aliphatic carbocycles. The van der Waals surface area contributed by atoms with Crippen LogP contribution in [0.2, 0.25) is 0 Å². The van der Waals surface area contributed by atoms with E-state index in [2.05, 4.69) is 201 Å². The molecule has 0 bridgehead atoms. The van der Waals surface area contributed by atoms with Crippen LogP contribution in [0.1, 0.15) is 25.0 Å². The van der Waals surface area contributed by atoms with Crippen LogP contribution in [0.4, 0.5) is 17.1 Å². The van der Waals surface area contributed by atoms with Gasteiger partial charge in [0.15, 0.2) is 0 Å². The van der Waals surface area contributed by atoms with Gasteiger partial charge in [-0.25, -0.2) is 0 Å². The van der Waals surface area contributed by atoms with E-state index in [-0.39, 0.29) is 5.41 Å². The van der Waals surface area contributed by atoms with E-state index >= 15 is 0 Å². The molecule has 0 unspecified atom stereocenters. The highest BCUT2D eigenvalue weighted by Crippen LogP contribution is 2.54. The fraction of sp³-hybridized carbons (Fsp3) is 0.0588. The number of furan rings is 1. The van der Waals surface area contributed by atoms with Crippen molar-refractivity contribution in [3.63, 3.8) is 0 Å². The van der Waals surface area contributed by atoms with E-state index in [1.165, 1.54) is 44.5 Å². The van der Waals surface area contributed by atoms with Crippen molar-refractivity contribution in [2.45, 2.75) is 19.3 Å². The second-order valence-electron chi connectivity index (χ2n) is 14.5. The first kappa shape index (κ1) is 31.1. The summed E-state index contributed by atoms with van der Waals surface area (Å²) in [4.78, 5) is 2.44. The Hall–Kier alpha value is -6.64. The molecular formula is C51H37NO. The molecule has 252 valence electrons. The predicted octanol–water partition coefficient (Wildman–Crippen LogP) is 14.4. The molecule has 8 aromatic carbocycles. The molecule has 1 aromatic heterocycles. The third-order valence-corrected chi connectivity index (χ3v) is 11.1. The summed E-state index contributed by atoms with van der Waals surface area (Å²) in [7, 11) is 0. The van der Waals surface area contributed by atoms with Crippen molar-refractivity contribution >= 4 is 39.0 Å². The van der Waals surface area contributed by atoms with Crippen molar-refractivity contribution in [3.05, 3.63) is 199 Å². The maximum atomic E-state index is 6.63. The molecule has 0 N–H and O–H groups in total. The minimum atomic E-state index is -0.0955. The lowest BCUT2D eigenvalue weighted by Gasteiger charge is -2.30. The van der Waals surface area contributed by atoms with Gasteiger partial charge in [-0.3, -0.25) is 0 Å². The van der Waals surface area contributed by atoms with Gasteiger partial charge in [0.1, 0.15) is 11.2 Å². The fourth-order valence-corrected chi connectivity index (χ4v) is 8.57. The Labute approximate surface area is 310 Å². The SMILES string of the molecule is CC1(C)c2ccccc2-c2c(-c3ccccc3N(c3ccc(-c4ccccc4)cc3)c3ccccc3-c3cccc4c3oc3ccccc34)cccc21. The van der Waals surface area contributed by atoms with Crippen LogP contribution in [-0.4, -0.2) is 0 Å². The van der Waals surface area contributed by atoms with Crippen molar-refractivity contribution < 1.29 is 4.42 Å². The molecule has 0 saturated carbocycles.